The lowest BCUT2D eigenvalue weighted by Crippen LogP contribution is -2.40. The molecular weight excluding hydrogens is 422 g/mol. The van der Waals surface area contributed by atoms with E-state index in [1.807, 2.05) is 0 Å². The molecule has 1 heterocycles. The van der Waals surface area contributed by atoms with Crippen LogP contribution >= 0.6 is 11.8 Å². The molecule has 2 aromatic carbocycles. The number of amides is 1. The topological polar surface area (TPSA) is 75.7 Å². The van der Waals surface area contributed by atoms with Gasteiger partial charge in [0.05, 0.1) is 23.9 Å². The zero-order valence-electron chi connectivity index (χ0n) is 15.4. The van der Waals surface area contributed by atoms with Gasteiger partial charge in [-0.05, 0) is 35.9 Å². The van der Waals surface area contributed by atoms with Crippen LogP contribution in [0.5, 0.6) is 0 Å². The van der Waals surface area contributed by atoms with Crippen LogP contribution in [0.1, 0.15) is 5.56 Å². The number of carbonyl (C=O) groups is 1. The molecule has 2 aromatic rings. The van der Waals surface area contributed by atoms with E-state index in [1.165, 1.54) is 22.5 Å². The number of halogens is 2. The molecule has 29 heavy (non-hydrogen) atoms. The standard InChI is InChI=1S/C19H20F2N2O4S2/c20-17-6-3-15(11-18(17)21)28-13-19(24)22-12-14-1-4-16(5-2-14)29(25,26)23-7-9-27-10-8-23/h1-6,11H,7-10,12-13H2,(H,22,24). The molecule has 10 heteroatoms. The van der Waals surface area contributed by atoms with Crippen LogP contribution in [0.25, 0.3) is 0 Å². The summed E-state index contributed by atoms with van der Waals surface area (Å²) in [6.07, 6.45) is 0. The van der Waals surface area contributed by atoms with Gasteiger partial charge in [0.15, 0.2) is 11.6 Å². The van der Waals surface area contributed by atoms with E-state index in [4.69, 9.17) is 4.74 Å². The zero-order valence-corrected chi connectivity index (χ0v) is 17.1. The first kappa shape index (κ1) is 21.7. The van der Waals surface area contributed by atoms with E-state index in [0.29, 0.717) is 31.2 Å². The number of carbonyl (C=O) groups excluding carboxylic acids is 1. The normalized spacial score (nSPS) is 15.2. The number of nitrogens with zero attached hydrogens (tertiary/aromatic N) is 1. The van der Waals surface area contributed by atoms with Gasteiger partial charge >= 0.3 is 0 Å². The number of rotatable bonds is 7. The minimum atomic E-state index is -3.55. The van der Waals surface area contributed by atoms with E-state index in [2.05, 4.69) is 5.32 Å². The first-order valence-electron chi connectivity index (χ1n) is 8.87. The van der Waals surface area contributed by atoms with Gasteiger partial charge in [-0.2, -0.15) is 4.31 Å². The van der Waals surface area contributed by atoms with Crippen LogP contribution < -0.4 is 5.32 Å². The first-order chi connectivity index (χ1) is 13.9. The molecule has 1 amide bonds. The highest BCUT2D eigenvalue weighted by molar-refractivity contribution is 8.00. The van der Waals surface area contributed by atoms with Crippen molar-refractivity contribution in [3.05, 3.63) is 59.7 Å². The highest BCUT2D eigenvalue weighted by Crippen LogP contribution is 2.20. The number of thioether (sulfide) groups is 1. The van der Waals surface area contributed by atoms with E-state index in [9.17, 15) is 22.0 Å². The van der Waals surface area contributed by atoms with Crippen LogP contribution in [0.4, 0.5) is 8.78 Å². The Morgan fingerprint density at radius 3 is 2.41 bits per heavy atom. The van der Waals surface area contributed by atoms with Crippen molar-refractivity contribution >= 4 is 27.7 Å². The Kier molecular flexibility index (Phi) is 7.23. The molecule has 6 nitrogen and oxygen atoms in total. The van der Waals surface area contributed by atoms with Gasteiger partial charge in [0.1, 0.15) is 0 Å². The molecule has 0 atom stereocenters. The molecule has 0 spiro atoms. The van der Waals surface area contributed by atoms with E-state index < -0.39 is 21.7 Å². The fraction of sp³-hybridized carbons (Fsp3) is 0.316. The molecule has 0 aliphatic carbocycles. The third kappa shape index (κ3) is 5.75. The van der Waals surface area contributed by atoms with Crippen molar-refractivity contribution in [3.63, 3.8) is 0 Å². The van der Waals surface area contributed by atoms with Crippen LogP contribution in [-0.4, -0.2) is 50.7 Å². The Balaban J connectivity index is 1.50. The Morgan fingerprint density at radius 1 is 1.07 bits per heavy atom. The lowest BCUT2D eigenvalue weighted by atomic mass is 10.2. The summed E-state index contributed by atoms with van der Waals surface area (Å²) in [5.41, 5.74) is 0.747. The van der Waals surface area contributed by atoms with Crippen molar-refractivity contribution < 1.29 is 26.7 Å². The molecule has 1 saturated heterocycles. The molecule has 0 bridgehead atoms. The maximum absolute atomic E-state index is 13.2. The third-order valence-corrected chi connectivity index (χ3v) is 7.19. The number of hydrogen-bond donors (Lipinski definition) is 1. The number of benzene rings is 2. The van der Waals surface area contributed by atoms with Crippen molar-refractivity contribution in [2.45, 2.75) is 16.3 Å². The third-order valence-electron chi connectivity index (χ3n) is 4.28. The summed E-state index contributed by atoms with van der Waals surface area (Å²) < 4.78 is 57.8. The summed E-state index contributed by atoms with van der Waals surface area (Å²) in [5, 5.41) is 2.71. The van der Waals surface area contributed by atoms with Gasteiger partial charge < -0.3 is 10.1 Å². The fourth-order valence-electron chi connectivity index (χ4n) is 2.68. The highest BCUT2D eigenvalue weighted by Gasteiger charge is 2.26. The molecule has 1 N–H and O–H groups in total. The Labute approximate surface area is 172 Å². The molecule has 3 rings (SSSR count). The molecular formula is C19H20F2N2O4S2. The van der Waals surface area contributed by atoms with Crippen LogP contribution in [0.2, 0.25) is 0 Å². The first-order valence-corrected chi connectivity index (χ1v) is 11.3. The number of sulfonamides is 1. The Bertz CT molecular complexity index is 963. The summed E-state index contributed by atoms with van der Waals surface area (Å²) in [6.45, 7) is 1.65. The summed E-state index contributed by atoms with van der Waals surface area (Å²) >= 11 is 1.09. The van der Waals surface area contributed by atoms with Gasteiger partial charge in [-0.1, -0.05) is 12.1 Å². The molecule has 1 fully saturated rings. The van der Waals surface area contributed by atoms with Gasteiger partial charge in [-0.15, -0.1) is 11.8 Å². The Morgan fingerprint density at radius 2 is 1.76 bits per heavy atom. The van der Waals surface area contributed by atoms with Crippen LogP contribution in [-0.2, 0) is 26.1 Å². The summed E-state index contributed by atoms with van der Waals surface area (Å²) in [4.78, 5) is 12.6. The van der Waals surface area contributed by atoms with E-state index in [-0.39, 0.29) is 23.1 Å². The summed E-state index contributed by atoms with van der Waals surface area (Å²) in [5.74, 6) is -2.11. The monoisotopic (exact) mass is 442 g/mol. The van der Waals surface area contributed by atoms with Crippen molar-refractivity contribution in [2.75, 3.05) is 32.1 Å². The molecule has 0 radical (unpaired) electrons. The van der Waals surface area contributed by atoms with Gasteiger partial charge in [-0.3, -0.25) is 4.79 Å². The average Bonchev–Trinajstić information content (AvgIpc) is 2.74. The number of morpholine rings is 1. The summed E-state index contributed by atoms with van der Waals surface area (Å²) in [7, 11) is -3.55. The highest BCUT2D eigenvalue weighted by atomic mass is 32.2. The zero-order chi connectivity index (χ0) is 20.9. The second kappa shape index (κ2) is 9.66. The van der Waals surface area contributed by atoms with Crippen molar-refractivity contribution in [2.24, 2.45) is 0 Å². The van der Waals surface area contributed by atoms with Crippen molar-refractivity contribution in [3.8, 4) is 0 Å². The molecule has 0 saturated carbocycles. The smallest absolute Gasteiger partial charge is 0.243 e. The fourth-order valence-corrected chi connectivity index (χ4v) is 4.84. The summed E-state index contributed by atoms with van der Waals surface area (Å²) in [6, 6.07) is 9.80. The lowest BCUT2D eigenvalue weighted by Gasteiger charge is -2.26. The van der Waals surface area contributed by atoms with E-state index in [0.717, 1.165) is 29.5 Å². The lowest BCUT2D eigenvalue weighted by molar-refractivity contribution is -0.118. The van der Waals surface area contributed by atoms with Gasteiger partial charge in [0.2, 0.25) is 15.9 Å². The van der Waals surface area contributed by atoms with E-state index in [1.54, 1.807) is 12.1 Å². The van der Waals surface area contributed by atoms with Crippen molar-refractivity contribution in [1.82, 2.24) is 9.62 Å². The Hall–Kier alpha value is -2.01. The SMILES string of the molecule is O=C(CSc1ccc(F)c(F)c1)NCc1ccc(S(=O)(=O)N2CCOCC2)cc1. The van der Waals surface area contributed by atoms with E-state index >= 15 is 0 Å². The quantitative estimate of drug-likeness (QED) is 0.667. The minimum Gasteiger partial charge on any atom is -0.379 e. The molecule has 1 aliphatic heterocycles. The number of hydrogen-bond acceptors (Lipinski definition) is 5. The van der Waals surface area contributed by atoms with Gasteiger partial charge in [0, 0.05) is 24.5 Å². The van der Waals surface area contributed by atoms with Gasteiger partial charge in [-0.25, -0.2) is 17.2 Å². The van der Waals surface area contributed by atoms with Crippen LogP contribution in [0.3, 0.4) is 0 Å². The van der Waals surface area contributed by atoms with Crippen molar-refractivity contribution in [1.29, 1.82) is 0 Å². The second-order valence-electron chi connectivity index (χ2n) is 6.30. The number of nitrogens with one attached hydrogen (secondary N) is 1. The molecule has 0 aromatic heterocycles. The maximum Gasteiger partial charge on any atom is 0.243 e. The number of ether oxygens (including phenoxy) is 1. The average molecular weight is 443 g/mol. The maximum atomic E-state index is 13.2. The molecule has 1 aliphatic rings. The van der Waals surface area contributed by atoms with Gasteiger partial charge in [0.25, 0.3) is 0 Å². The minimum absolute atomic E-state index is 0.0502. The predicted octanol–water partition coefficient (Wildman–Crippen LogP) is 2.39. The largest absolute Gasteiger partial charge is 0.379 e. The molecule has 156 valence electrons. The van der Waals surface area contributed by atoms with Crippen LogP contribution in [0.15, 0.2) is 52.3 Å². The molecule has 0 unspecified atom stereocenters. The van der Waals surface area contributed by atoms with Crippen LogP contribution in [0, 0.1) is 11.6 Å². The second-order valence-corrected chi connectivity index (χ2v) is 9.29. The predicted molar refractivity (Wildman–Crippen MR) is 105 cm³/mol.